The van der Waals surface area contributed by atoms with E-state index in [0.29, 0.717) is 0 Å². The zero-order valence-corrected chi connectivity index (χ0v) is 8.21. The predicted molar refractivity (Wildman–Crippen MR) is 52.0 cm³/mol. The third-order valence-corrected chi connectivity index (χ3v) is 2.81. The van der Waals surface area contributed by atoms with Gasteiger partial charge in [0.2, 0.25) is 0 Å². The Balaban J connectivity index is 2.41. The Labute approximate surface area is 75.5 Å². The van der Waals surface area contributed by atoms with Gasteiger partial charge in [0.05, 0.1) is 6.10 Å². The highest BCUT2D eigenvalue weighted by Crippen LogP contribution is 2.25. The molecule has 0 aromatic carbocycles. The summed E-state index contributed by atoms with van der Waals surface area (Å²) in [7, 11) is 0. The molecule has 1 heteroatoms. The standard InChI is InChI=1S/C11H20O/c1-9(10(2)12)8-11-6-4-3-5-7-11/h8,10-12H,3-7H2,1-2H3/b9-8+. The van der Waals surface area contributed by atoms with E-state index in [4.69, 9.17) is 0 Å². The summed E-state index contributed by atoms with van der Waals surface area (Å²) in [6, 6.07) is 0. The van der Waals surface area contributed by atoms with Crippen molar-refractivity contribution in [3.63, 3.8) is 0 Å². The lowest BCUT2D eigenvalue weighted by Crippen LogP contribution is -2.07. The van der Waals surface area contributed by atoms with E-state index < -0.39 is 0 Å². The first-order chi connectivity index (χ1) is 5.70. The van der Waals surface area contributed by atoms with Crippen LogP contribution < -0.4 is 0 Å². The Morgan fingerprint density at radius 3 is 2.42 bits per heavy atom. The second-order valence-corrected chi connectivity index (χ2v) is 3.98. The van der Waals surface area contributed by atoms with E-state index in [0.717, 1.165) is 11.5 Å². The number of rotatable bonds is 2. The molecular formula is C11H20O. The van der Waals surface area contributed by atoms with Gasteiger partial charge in [-0.1, -0.05) is 25.3 Å². The van der Waals surface area contributed by atoms with Gasteiger partial charge < -0.3 is 5.11 Å². The molecule has 1 fully saturated rings. The fourth-order valence-electron chi connectivity index (χ4n) is 1.81. The summed E-state index contributed by atoms with van der Waals surface area (Å²) in [4.78, 5) is 0. The second kappa shape index (κ2) is 4.66. The highest BCUT2D eigenvalue weighted by atomic mass is 16.3. The highest BCUT2D eigenvalue weighted by Gasteiger charge is 2.11. The van der Waals surface area contributed by atoms with Gasteiger partial charge in [-0.3, -0.25) is 0 Å². The lowest BCUT2D eigenvalue weighted by atomic mass is 9.87. The maximum atomic E-state index is 9.28. The van der Waals surface area contributed by atoms with Crippen LogP contribution in [0, 0.1) is 5.92 Å². The van der Waals surface area contributed by atoms with Crippen molar-refractivity contribution in [2.24, 2.45) is 5.92 Å². The van der Waals surface area contributed by atoms with E-state index in [9.17, 15) is 5.11 Å². The average molecular weight is 168 g/mol. The summed E-state index contributed by atoms with van der Waals surface area (Å²) in [5, 5.41) is 9.28. The van der Waals surface area contributed by atoms with Crippen LogP contribution in [0.25, 0.3) is 0 Å². The quantitative estimate of drug-likeness (QED) is 0.629. The summed E-state index contributed by atoms with van der Waals surface area (Å²) in [6.07, 6.45) is 8.80. The molecule has 0 spiro atoms. The smallest absolute Gasteiger partial charge is 0.0719 e. The monoisotopic (exact) mass is 168 g/mol. The van der Waals surface area contributed by atoms with E-state index in [-0.39, 0.29) is 6.10 Å². The molecule has 0 aliphatic heterocycles. The van der Waals surface area contributed by atoms with E-state index in [1.165, 1.54) is 32.1 Å². The Bertz CT molecular complexity index is 152. The number of hydrogen-bond acceptors (Lipinski definition) is 1. The molecule has 0 amide bonds. The molecule has 1 nitrogen and oxygen atoms in total. The van der Waals surface area contributed by atoms with Crippen LogP contribution in [0.3, 0.4) is 0 Å². The molecule has 0 heterocycles. The van der Waals surface area contributed by atoms with Gasteiger partial charge in [0.25, 0.3) is 0 Å². The van der Waals surface area contributed by atoms with Crippen LogP contribution in [-0.2, 0) is 0 Å². The Morgan fingerprint density at radius 1 is 1.33 bits per heavy atom. The topological polar surface area (TPSA) is 20.2 Å². The minimum Gasteiger partial charge on any atom is -0.389 e. The number of aliphatic hydroxyl groups is 1. The van der Waals surface area contributed by atoms with Crippen molar-refractivity contribution >= 4 is 0 Å². The largest absolute Gasteiger partial charge is 0.389 e. The molecule has 0 saturated heterocycles. The van der Waals surface area contributed by atoms with Crippen LogP contribution in [0.1, 0.15) is 46.0 Å². The predicted octanol–water partition coefficient (Wildman–Crippen LogP) is 2.89. The number of allylic oxidation sites excluding steroid dienone is 1. The summed E-state index contributed by atoms with van der Waals surface area (Å²) in [5.74, 6) is 0.744. The molecule has 0 aromatic rings. The van der Waals surface area contributed by atoms with E-state index in [1.54, 1.807) is 0 Å². The van der Waals surface area contributed by atoms with Crippen molar-refractivity contribution in [3.05, 3.63) is 11.6 Å². The first-order valence-corrected chi connectivity index (χ1v) is 5.06. The molecular weight excluding hydrogens is 148 g/mol. The molecule has 70 valence electrons. The van der Waals surface area contributed by atoms with Crippen LogP contribution in [0.4, 0.5) is 0 Å². The van der Waals surface area contributed by atoms with Crippen molar-refractivity contribution in [2.75, 3.05) is 0 Å². The molecule has 1 aliphatic carbocycles. The summed E-state index contributed by atoms with van der Waals surface area (Å²) >= 11 is 0. The lowest BCUT2D eigenvalue weighted by Gasteiger charge is -2.19. The van der Waals surface area contributed by atoms with E-state index in [2.05, 4.69) is 6.08 Å². The Kier molecular flexibility index (Phi) is 3.80. The fraction of sp³-hybridized carbons (Fsp3) is 0.818. The van der Waals surface area contributed by atoms with Gasteiger partial charge in [-0.15, -0.1) is 0 Å². The minimum absolute atomic E-state index is 0.257. The van der Waals surface area contributed by atoms with Gasteiger partial charge in [-0.25, -0.2) is 0 Å². The lowest BCUT2D eigenvalue weighted by molar-refractivity contribution is 0.229. The van der Waals surface area contributed by atoms with Gasteiger partial charge in [0.15, 0.2) is 0 Å². The third-order valence-electron chi connectivity index (χ3n) is 2.81. The molecule has 0 aromatic heterocycles. The van der Waals surface area contributed by atoms with Gasteiger partial charge in [-0.2, -0.15) is 0 Å². The van der Waals surface area contributed by atoms with Gasteiger partial charge in [0, 0.05) is 0 Å². The molecule has 0 radical (unpaired) electrons. The van der Waals surface area contributed by atoms with E-state index >= 15 is 0 Å². The van der Waals surface area contributed by atoms with Crippen molar-refractivity contribution in [1.29, 1.82) is 0 Å². The summed E-state index contributed by atoms with van der Waals surface area (Å²) in [6.45, 7) is 3.87. The van der Waals surface area contributed by atoms with Crippen LogP contribution >= 0.6 is 0 Å². The van der Waals surface area contributed by atoms with Crippen LogP contribution in [-0.4, -0.2) is 11.2 Å². The molecule has 0 bridgehead atoms. The third kappa shape index (κ3) is 2.98. The van der Waals surface area contributed by atoms with Gasteiger partial charge in [-0.05, 0) is 38.2 Å². The highest BCUT2D eigenvalue weighted by molar-refractivity contribution is 5.05. The Hall–Kier alpha value is -0.300. The summed E-state index contributed by atoms with van der Waals surface area (Å²) in [5.41, 5.74) is 1.14. The first-order valence-electron chi connectivity index (χ1n) is 5.06. The van der Waals surface area contributed by atoms with E-state index in [1.807, 2.05) is 13.8 Å². The van der Waals surface area contributed by atoms with Crippen molar-refractivity contribution in [2.45, 2.75) is 52.1 Å². The first kappa shape index (κ1) is 9.79. The Morgan fingerprint density at radius 2 is 1.92 bits per heavy atom. The normalized spacial score (nSPS) is 24.1. The van der Waals surface area contributed by atoms with Crippen molar-refractivity contribution < 1.29 is 5.11 Å². The van der Waals surface area contributed by atoms with Crippen molar-refractivity contribution in [3.8, 4) is 0 Å². The molecule has 1 atom stereocenters. The van der Waals surface area contributed by atoms with Crippen LogP contribution in [0.15, 0.2) is 11.6 Å². The van der Waals surface area contributed by atoms with Gasteiger partial charge in [0.1, 0.15) is 0 Å². The zero-order valence-electron chi connectivity index (χ0n) is 8.21. The van der Waals surface area contributed by atoms with Gasteiger partial charge >= 0.3 is 0 Å². The van der Waals surface area contributed by atoms with Crippen LogP contribution in [0.2, 0.25) is 0 Å². The molecule has 1 aliphatic rings. The molecule has 1 saturated carbocycles. The second-order valence-electron chi connectivity index (χ2n) is 3.98. The van der Waals surface area contributed by atoms with Crippen LogP contribution in [0.5, 0.6) is 0 Å². The number of aliphatic hydroxyl groups excluding tert-OH is 1. The fourth-order valence-corrected chi connectivity index (χ4v) is 1.81. The molecule has 1 rings (SSSR count). The maximum absolute atomic E-state index is 9.28. The molecule has 1 N–H and O–H groups in total. The van der Waals surface area contributed by atoms with Crippen molar-refractivity contribution in [1.82, 2.24) is 0 Å². The summed E-state index contributed by atoms with van der Waals surface area (Å²) < 4.78 is 0. The molecule has 1 unspecified atom stereocenters. The minimum atomic E-state index is -0.257. The molecule has 12 heavy (non-hydrogen) atoms. The zero-order chi connectivity index (χ0) is 8.97. The maximum Gasteiger partial charge on any atom is 0.0719 e. The number of hydrogen-bond donors (Lipinski definition) is 1. The average Bonchev–Trinajstić information content (AvgIpc) is 2.06. The SMILES string of the molecule is C/C(=C\C1CCCCC1)C(C)O.